The quantitative estimate of drug-likeness (QED) is 0.550. The second kappa shape index (κ2) is 8.30. The maximum absolute atomic E-state index is 13.4. The first-order chi connectivity index (χ1) is 14.6. The molecule has 3 aromatic rings. The molecule has 11 heteroatoms. The van der Waals surface area contributed by atoms with E-state index in [1.807, 2.05) is 10.9 Å². The van der Waals surface area contributed by atoms with E-state index in [1.54, 1.807) is 0 Å². The molecule has 160 valence electrons. The molecule has 8 nitrogen and oxygen atoms in total. The molecule has 0 bridgehead atoms. The summed E-state index contributed by atoms with van der Waals surface area (Å²) in [6.07, 6.45) is -4.69. The number of carbonyl (C=O) groups excluding carboxylic acids is 2. The van der Waals surface area contributed by atoms with E-state index in [-0.39, 0.29) is 22.7 Å². The normalized spacial score (nSPS) is 11.1. The number of halogens is 3. The molecule has 3 N–H and O–H groups in total. The van der Waals surface area contributed by atoms with E-state index in [1.165, 1.54) is 43.3 Å². The number of aryl methyl sites for hydroxylation is 1. The summed E-state index contributed by atoms with van der Waals surface area (Å²) in [5, 5.41) is 13.4. The summed E-state index contributed by atoms with van der Waals surface area (Å²) in [5.74, 6) is -2.36. The van der Waals surface area contributed by atoms with Crippen molar-refractivity contribution in [3.8, 4) is 11.4 Å². The van der Waals surface area contributed by atoms with Crippen molar-refractivity contribution in [1.82, 2.24) is 20.6 Å². The van der Waals surface area contributed by atoms with Gasteiger partial charge in [-0.15, -0.1) is 0 Å². The Kier molecular flexibility index (Phi) is 5.77. The fraction of sp³-hybridized carbons (Fsp3) is 0.100. The largest absolute Gasteiger partial charge is 0.507 e. The van der Waals surface area contributed by atoms with Gasteiger partial charge < -0.3 is 5.11 Å². The van der Waals surface area contributed by atoms with E-state index in [0.717, 1.165) is 22.9 Å². The molecule has 0 saturated carbocycles. The molecule has 31 heavy (non-hydrogen) atoms. The third-order valence-corrected chi connectivity index (χ3v) is 4.20. The topological polar surface area (TPSA) is 113 Å². The van der Waals surface area contributed by atoms with Crippen LogP contribution in [0.5, 0.6) is 5.75 Å². The molecule has 2 aromatic carbocycles. The molecule has 0 atom stereocenters. The van der Waals surface area contributed by atoms with Gasteiger partial charge in [0.2, 0.25) is 5.43 Å². The Hall–Kier alpha value is -4.15. The Balaban J connectivity index is 1.92. The number of hydrogen-bond donors (Lipinski definition) is 3. The number of carbonyl (C=O) groups is 2. The van der Waals surface area contributed by atoms with Crippen molar-refractivity contribution < 1.29 is 27.9 Å². The zero-order valence-corrected chi connectivity index (χ0v) is 15.9. The van der Waals surface area contributed by atoms with Crippen molar-refractivity contribution in [3.63, 3.8) is 0 Å². The van der Waals surface area contributed by atoms with Gasteiger partial charge >= 0.3 is 6.18 Å². The third-order valence-electron chi connectivity index (χ3n) is 4.20. The average Bonchev–Trinajstić information content (AvgIpc) is 2.71. The number of hydrazine groups is 1. The van der Waals surface area contributed by atoms with Gasteiger partial charge in [0.05, 0.1) is 16.8 Å². The second-order valence-corrected chi connectivity index (χ2v) is 6.35. The summed E-state index contributed by atoms with van der Waals surface area (Å²) in [5.41, 5.74) is 0.921. The highest BCUT2D eigenvalue weighted by Crippen LogP contribution is 2.33. The molecule has 1 aromatic heterocycles. The lowest BCUT2D eigenvalue weighted by Gasteiger charge is -2.16. The van der Waals surface area contributed by atoms with Gasteiger partial charge in [0.1, 0.15) is 5.75 Å². The SMILES string of the molecule is Cc1cc(=O)c(C(=O)NNC(=O)c2ccccc2O)nn1-c1ccccc1C(F)(F)F. The average molecular weight is 432 g/mol. The number of phenolic OH excluding ortho intramolecular Hbond substituents is 1. The lowest BCUT2D eigenvalue weighted by molar-refractivity contribution is -0.137. The zero-order chi connectivity index (χ0) is 22.8. The van der Waals surface area contributed by atoms with E-state index >= 15 is 0 Å². The Labute approximate surface area is 172 Å². The molecule has 0 radical (unpaired) electrons. The monoisotopic (exact) mass is 432 g/mol. The van der Waals surface area contributed by atoms with Gasteiger partial charge in [-0.1, -0.05) is 24.3 Å². The second-order valence-electron chi connectivity index (χ2n) is 6.35. The van der Waals surface area contributed by atoms with Crippen LogP contribution in [0.3, 0.4) is 0 Å². The lowest BCUT2D eigenvalue weighted by Crippen LogP contribution is -2.44. The lowest BCUT2D eigenvalue weighted by atomic mass is 10.1. The fourth-order valence-corrected chi connectivity index (χ4v) is 2.75. The molecular formula is C20H15F3N4O4. The summed E-state index contributed by atoms with van der Waals surface area (Å²) in [7, 11) is 0. The van der Waals surface area contributed by atoms with Gasteiger partial charge in [-0.3, -0.25) is 25.2 Å². The number of rotatable bonds is 3. The predicted molar refractivity (Wildman–Crippen MR) is 103 cm³/mol. The number of amides is 2. The summed E-state index contributed by atoms with van der Waals surface area (Å²) in [6, 6.07) is 11.0. The van der Waals surface area contributed by atoms with Crippen LogP contribution >= 0.6 is 0 Å². The first-order valence-electron chi connectivity index (χ1n) is 8.76. The van der Waals surface area contributed by atoms with Crippen LogP contribution in [-0.4, -0.2) is 26.7 Å². The number of phenols is 1. The highest BCUT2D eigenvalue weighted by Gasteiger charge is 2.34. The third kappa shape index (κ3) is 4.55. The highest BCUT2D eigenvalue weighted by atomic mass is 19.4. The molecule has 0 fully saturated rings. The Morgan fingerprint density at radius 1 is 1.00 bits per heavy atom. The molecule has 0 aliphatic carbocycles. The van der Waals surface area contributed by atoms with Crippen molar-refractivity contribution in [1.29, 1.82) is 0 Å². The van der Waals surface area contributed by atoms with Gasteiger partial charge in [0.25, 0.3) is 11.8 Å². The number of alkyl halides is 3. The zero-order valence-electron chi connectivity index (χ0n) is 15.9. The van der Waals surface area contributed by atoms with Gasteiger partial charge in [-0.25, -0.2) is 4.68 Å². The minimum absolute atomic E-state index is 0.0662. The van der Waals surface area contributed by atoms with Crippen LogP contribution in [-0.2, 0) is 6.18 Å². The van der Waals surface area contributed by atoms with Crippen molar-refractivity contribution in [3.05, 3.63) is 87.3 Å². The molecule has 0 saturated heterocycles. The van der Waals surface area contributed by atoms with Crippen molar-refractivity contribution >= 4 is 11.8 Å². The summed E-state index contributed by atoms with van der Waals surface area (Å²) in [6.45, 7) is 1.36. The van der Waals surface area contributed by atoms with Gasteiger partial charge in [0, 0.05) is 11.8 Å². The minimum Gasteiger partial charge on any atom is -0.507 e. The maximum atomic E-state index is 13.4. The molecule has 3 rings (SSSR count). The minimum atomic E-state index is -4.69. The number of nitrogens with zero attached hydrogens (tertiary/aromatic N) is 2. The first kappa shape index (κ1) is 21.6. The molecular weight excluding hydrogens is 417 g/mol. The summed E-state index contributed by atoms with van der Waals surface area (Å²) < 4.78 is 40.9. The molecule has 0 spiro atoms. The smallest absolute Gasteiger partial charge is 0.418 e. The van der Waals surface area contributed by atoms with Crippen molar-refractivity contribution in [2.45, 2.75) is 13.1 Å². The Morgan fingerprint density at radius 2 is 1.61 bits per heavy atom. The number of aromatic hydroxyl groups is 1. The molecule has 0 aliphatic rings. The van der Waals surface area contributed by atoms with Crippen LogP contribution in [0.25, 0.3) is 5.69 Å². The number of para-hydroxylation sites is 2. The number of aromatic nitrogens is 2. The number of benzene rings is 2. The van der Waals surface area contributed by atoms with Gasteiger partial charge in [-0.05, 0) is 31.2 Å². The Morgan fingerprint density at radius 3 is 2.29 bits per heavy atom. The molecule has 0 unspecified atom stereocenters. The molecule has 0 aliphatic heterocycles. The van der Waals surface area contributed by atoms with Crippen molar-refractivity contribution in [2.75, 3.05) is 0 Å². The first-order valence-corrected chi connectivity index (χ1v) is 8.76. The summed E-state index contributed by atoms with van der Waals surface area (Å²) >= 11 is 0. The predicted octanol–water partition coefficient (Wildman–Crippen LogP) is 2.34. The van der Waals surface area contributed by atoms with Crippen molar-refractivity contribution in [2.24, 2.45) is 0 Å². The van der Waals surface area contributed by atoms with E-state index in [4.69, 9.17) is 0 Å². The molecule has 1 heterocycles. The van der Waals surface area contributed by atoms with E-state index in [9.17, 15) is 32.7 Å². The van der Waals surface area contributed by atoms with E-state index in [2.05, 4.69) is 5.10 Å². The summed E-state index contributed by atoms with van der Waals surface area (Å²) in [4.78, 5) is 36.6. The van der Waals surface area contributed by atoms with E-state index < -0.39 is 34.7 Å². The maximum Gasteiger partial charge on any atom is 0.418 e. The van der Waals surface area contributed by atoms with Crippen LogP contribution in [0.15, 0.2) is 59.4 Å². The van der Waals surface area contributed by atoms with Crippen LogP contribution in [0.4, 0.5) is 13.2 Å². The van der Waals surface area contributed by atoms with Gasteiger partial charge in [-0.2, -0.15) is 18.3 Å². The fourth-order valence-electron chi connectivity index (χ4n) is 2.75. The van der Waals surface area contributed by atoms with Crippen LogP contribution in [0.2, 0.25) is 0 Å². The standard InChI is InChI=1S/C20H15F3N4O4/c1-11-10-16(29)17(19(31)25-24-18(30)12-6-2-5-9-15(12)28)26-27(11)14-8-4-3-7-13(14)20(21,22)23/h2-10,28H,1H3,(H,24,30)(H,25,31). The number of nitrogens with one attached hydrogen (secondary N) is 2. The Bertz CT molecular complexity index is 1220. The highest BCUT2D eigenvalue weighted by molar-refractivity contribution is 5.99. The van der Waals surface area contributed by atoms with Gasteiger partial charge in [0.15, 0.2) is 5.69 Å². The molecule has 2 amide bonds. The number of hydrogen-bond acceptors (Lipinski definition) is 5. The van der Waals surface area contributed by atoms with E-state index in [0.29, 0.717) is 0 Å². The van der Waals surface area contributed by atoms with Crippen LogP contribution in [0, 0.1) is 6.92 Å². The van der Waals surface area contributed by atoms with Crippen LogP contribution in [0.1, 0.15) is 32.1 Å². The van der Waals surface area contributed by atoms with Crippen LogP contribution < -0.4 is 16.3 Å².